The number of nitrogens with zero attached hydrogens (tertiary/aromatic N) is 4. The Bertz CT molecular complexity index is 2690. The molecule has 0 fully saturated rings. The van der Waals surface area contributed by atoms with Crippen molar-refractivity contribution in [2.45, 2.75) is 13.8 Å². The predicted molar refractivity (Wildman–Crippen MR) is 254 cm³/mol. The molecule has 0 atom stereocenters. The minimum atomic E-state index is -0.354. The molecule has 4 N–H and O–H groups in total. The Morgan fingerprint density at radius 1 is 0.578 bits per heavy atom. The van der Waals surface area contributed by atoms with E-state index in [0.29, 0.717) is 34.9 Å². The van der Waals surface area contributed by atoms with Crippen LogP contribution in [0.2, 0.25) is 0 Å². The molecular weight excluding hydrogens is 986 g/mol. The summed E-state index contributed by atoms with van der Waals surface area (Å²) in [5.41, 5.74) is 9.05. The summed E-state index contributed by atoms with van der Waals surface area (Å²) < 4.78 is 28.4. The molecule has 1 aliphatic heterocycles. The number of nitrogens with one attached hydrogen (secondary N) is 2. The van der Waals surface area contributed by atoms with Crippen LogP contribution < -0.4 is 30.2 Å². The maximum atomic E-state index is 14.4. The monoisotopic (exact) mass is 1030 g/mol. The summed E-state index contributed by atoms with van der Waals surface area (Å²) in [5, 5.41) is 27.9. The zero-order chi connectivity index (χ0) is 43.7. The first kappa shape index (κ1) is 44.8. The van der Waals surface area contributed by atoms with E-state index < -0.39 is 0 Å². The maximum absolute atomic E-state index is 14.4. The average molecular weight is 1030 g/mol. The Labute approximate surface area is 387 Å². The normalized spacial score (nSPS) is 11.3. The number of hydrogen-bond acceptors (Lipinski definition) is 8. The SMILES string of the molecule is CCN([CH-]Nc1ccc(N(c2ccccc2)c2ccccc2)cc1O)c1cccc(F)c1C.Oc1cc(N(c2ccccc2)c2ccccc2)ccc1N1[CH-]Nc2cccc(F)c21.[Pt+2]. The van der Waals surface area contributed by atoms with E-state index in [1.54, 1.807) is 61.6 Å². The number of phenolic OH excluding ortho intramolecular Hbond substituents is 2. The van der Waals surface area contributed by atoms with Gasteiger partial charge < -0.3 is 40.4 Å². The van der Waals surface area contributed by atoms with Gasteiger partial charge in [0.15, 0.2) is 0 Å². The average Bonchev–Trinajstić information content (AvgIpc) is 3.76. The van der Waals surface area contributed by atoms with E-state index in [0.717, 1.165) is 39.8 Å². The fraction of sp³-hybridized carbons (Fsp3) is 0.0566. The fourth-order valence-electron chi connectivity index (χ4n) is 7.49. The van der Waals surface area contributed by atoms with Crippen molar-refractivity contribution in [1.29, 1.82) is 0 Å². The van der Waals surface area contributed by atoms with Crippen molar-refractivity contribution in [1.82, 2.24) is 0 Å². The van der Waals surface area contributed by atoms with Gasteiger partial charge in [-0.05, 0) is 117 Å². The summed E-state index contributed by atoms with van der Waals surface area (Å²) >= 11 is 0. The standard InChI is InChI=1S/C28H27FN3O.C25H19FN3O.Pt/c1-3-31(27-16-10-15-25(29)21(27)2)20-30-26-18-17-24(19-28(26)33)32(22-11-6-4-7-12-22)23-13-8-5-9-14-23;26-21-12-7-13-22-25(21)28(17-27-22)23-15-14-20(16-24(23)30)29(18-8-3-1-4-9-18)19-10-5-2-6-11-19;/h4-20,30,33H,3H2,1-2H3;1-17,27,30H;/q2*-1;+2. The molecule has 8 nitrogen and oxygen atoms in total. The first-order valence-electron chi connectivity index (χ1n) is 20.6. The third kappa shape index (κ3) is 9.83. The van der Waals surface area contributed by atoms with Crippen LogP contribution in [-0.2, 0) is 21.1 Å². The molecule has 0 saturated carbocycles. The number of rotatable bonds is 12. The molecule has 64 heavy (non-hydrogen) atoms. The second-order valence-electron chi connectivity index (χ2n) is 14.6. The van der Waals surface area contributed by atoms with Gasteiger partial charge in [-0.25, -0.2) is 8.78 Å². The van der Waals surface area contributed by atoms with Crippen LogP contribution in [0.5, 0.6) is 11.5 Å². The molecule has 8 aromatic carbocycles. The van der Waals surface area contributed by atoms with Crippen LogP contribution in [0, 0.1) is 31.9 Å². The summed E-state index contributed by atoms with van der Waals surface area (Å²) in [7, 11) is 0. The molecule has 1 aliphatic rings. The summed E-state index contributed by atoms with van der Waals surface area (Å²) in [6.45, 7) is 7.79. The molecule has 0 aromatic heterocycles. The van der Waals surface area contributed by atoms with Gasteiger partial charge in [-0.15, -0.1) is 0 Å². The van der Waals surface area contributed by atoms with Crippen LogP contribution >= 0.6 is 0 Å². The summed E-state index contributed by atoms with van der Waals surface area (Å²) in [6.07, 6.45) is 0. The number of fused-ring (bicyclic) bond motifs is 1. The molecule has 0 aliphatic carbocycles. The maximum Gasteiger partial charge on any atom is 2.00 e. The van der Waals surface area contributed by atoms with Crippen molar-refractivity contribution in [3.05, 3.63) is 225 Å². The summed E-state index contributed by atoms with van der Waals surface area (Å²) in [5.74, 6) is -0.424. The van der Waals surface area contributed by atoms with E-state index in [1.165, 1.54) is 12.1 Å². The first-order chi connectivity index (χ1) is 30.8. The topological polar surface area (TPSA) is 77.5 Å². The molecular formula is C53H46F2N6O2Pt. The first-order valence-corrected chi connectivity index (χ1v) is 20.6. The van der Waals surface area contributed by atoms with Gasteiger partial charge in [0.1, 0.15) is 23.1 Å². The zero-order valence-electron chi connectivity index (χ0n) is 35.1. The molecule has 9 rings (SSSR count). The van der Waals surface area contributed by atoms with Crippen molar-refractivity contribution < 1.29 is 40.1 Å². The molecule has 0 saturated heterocycles. The number of aromatic hydroxyl groups is 2. The Hall–Kier alpha value is -7.29. The van der Waals surface area contributed by atoms with Crippen LogP contribution in [-0.4, -0.2) is 16.8 Å². The number of halogens is 2. The second kappa shape index (κ2) is 20.7. The van der Waals surface area contributed by atoms with Crippen molar-refractivity contribution in [3.8, 4) is 11.5 Å². The van der Waals surface area contributed by atoms with Crippen molar-refractivity contribution in [2.75, 3.05) is 36.8 Å². The minimum Gasteiger partial charge on any atom is -0.514 e. The molecule has 8 aromatic rings. The third-order valence-electron chi connectivity index (χ3n) is 10.6. The Kier molecular flexibility index (Phi) is 14.5. The Morgan fingerprint density at radius 2 is 1.06 bits per heavy atom. The van der Waals surface area contributed by atoms with Gasteiger partial charge in [-0.3, -0.25) is 0 Å². The molecule has 1 heterocycles. The zero-order valence-corrected chi connectivity index (χ0v) is 37.4. The number of benzene rings is 8. The van der Waals surface area contributed by atoms with E-state index in [4.69, 9.17) is 0 Å². The number of hydrogen-bond donors (Lipinski definition) is 4. The van der Waals surface area contributed by atoms with E-state index in [2.05, 4.69) is 20.4 Å². The van der Waals surface area contributed by atoms with E-state index in [9.17, 15) is 19.0 Å². The second-order valence-corrected chi connectivity index (χ2v) is 14.6. The Morgan fingerprint density at radius 3 is 1.56 bits per heavy atom. The smallest absolute Gasteiger partial charge is 0.514 e. The van der Waals surface area contributed by atoms with Gasteiger partial charge in [-0.1, -0.05) is 84.9 Å². The molecule has 11 heteroatoms. The molecule has 0 radical (unpaired) electrons. The molecule has 0 spiro atoms. The largest absolute Gasteiger partial charge is 2.00 e. The third-order valence-corrected chi connectivity index (χ3v) is 10.6. The fourth-order valence-corrected chi connectivity index (χ4v) is 7.49. The van der Waals surface area contributed by atoms with Crippen LogP contribution in [0.15, 0.2) is 194 Å². The molecule has 0 unspecified atom stereocenters. The molecule has 0 amide bonds. The van der Waals surface area contributed by atoms with Gasteiger partial charge in [0.2, 0.25) is 0 Å². The number of phenols is 2. The van der Waals surface area contributed by atoms with Gasteiger partial charge in [0, 0.05) is 68.9 Å². The number of para-hydroxylation sites is 5. The quantitative estimate of drug-likeness (QED) is 0.0712. The van der Waals surface area contributed by atoms with Crippen LogP contribution in [0.4, 0.5) is 71.3 Å². The van der Waals surface area contributed by atoms with Crippen LogP contribution in [0.1, 0.15) is 12.5 Å². The molecule has 324 valence electrons. The summed E-state index contributed by atoms with van der Waals surface area (Å²) in [6, 6.07) is 60.8. The summed E-state index contributed by atoms with van der Waals surface area (Å²) in [4.78, 5) is 7.68. The Balaban J connectivity index is 0.000000189. The van der Waals surface area contributed by atoms with E-state index in [-0.39, 0.29) is 44.2 Å². The predicted octanol–water partition coefficient (Wildman–Crippen LogP) is 14.0. The number of anilines is 11. The van der Waals surface area contributed by atoms with E-state index >= 15 is 0 Å². The van der Waals surface area contributed by atoms with E-state index in [1.807, 2.05) is 157 Å². The van der Waals surface area contributed by atoms with Gasteiger partial charge in [-0.2, -0.15) is 13.3 Å². The van der Waals surface area contributed by atoms with Crippen molar-refractivity contribution >= 4 is 62.6 Å². The van der Waals surface area contributed by atoms with Gasteiger partial charge >= 0.3 is 21.1 Å². The minimum absolute atomic E-state index is 0. The van der Waals surface area contributed by atoms with Crippen LogP contribution in [0.3, 0.4) is 0 Å². The molecule has 0 bridgehead atoms. The van der Waals surface area contributed by atoms with Gasteiger partial charge in [0.25, 0.3) is 0 Å². The van der Waals surface area contributed by atoms with Gasteiger partial charge in [0.05, 0.1) is 11.4 Å². The van der Waals surface area contributed by atoms with Crippen LogP contribution in [0.25, 0.3) is 0 Å². The van der Waals surface area contributed by atoms with Crippen molar-refractivity contribution in [2.24, 2.45) is 0 Å². The van der Waals surface area contributed by atoms with Crippen molar-refractivity contribution in [3.63, 3.8) is 0 Å².